The first-order valence-electron chi connectivity index (χ1n) is 12.2. The molecule has 15 heteroatoms. The molecule has 0 aliphatic heterocycles. The molecule has 0 bridgehead atoms. The number of ether oxygens (including phenoxy) is 3. The number of aromatic nitrogens is 4. The van der Waals surface area contributed by atoms with E-state index in [1.807, 2.05) is 12.1 Å². The van der Waals surface area contributed by atoms with Gasteiger partial charge in [0.05, 0.1) is 25.8 Å². The molecular formula is C27H20F3N5O5S2. The molecular weight excluding hydrogens is 595 g/mol. The summed E-state index contributed by atoms with van der Waals surface area (Å²) in [7, 11) is 4.55. The Kier molecular flexibility index (Phi) is 6.98. The zero-order valence-electron chi connectivity index (χ0n) is 22.1. The Labute approximate surface area is 243 Å². The van der Waals surface area contributed by atoms with Crippen LogP contribution in [0.25, 0.3) is 27.4 Å². The fraction of sp³-hybridized carbons (Fsp3) is 0.185. The van der Waals surface area contributed by atoms with Crippen molar-refractivity contribution in [1.82, 2.24) is 19.6 Å². The molecule has 0 fully saturated rings. The van der Waals surface area contributed by atoms with Gasteiger partial charge in [-0.2, -0.15) is 13.2 Å². The maximum absolute atomic E-state index is 12.9. The molecule has 0 unspecified atom stereocenters. The SMILES string of the molecule is COc1cc(OCc2cccc(N(C)C(=O)c3csc(C(F)(F)F)n3)c2)c2cc(-c3cn4nc(OC)sc4n3)oc2c1. The highest BCUT2D eigenvalue weighted by Gasteiger charge is 2.35. The normalized spacial score (nSPS) is 11.8. The number of carbonyl (C=O) groups is 1. The molecule has 0 radical (unpaired) electrons. The fourth-order valence-electron chi connectivity index (χ4n) is 4.14. The van der Waals surface area contributed by atoms with E-state index in [9.17, 15) is 18.0 Å². The number of alkyl halides is 3. The number of benzene rings is 2. The van der Waals surface area contributed by atoms with E-state index in [0.29, 0.717) is 61.1 Å². The van der Waals surface area contributed by atoms with Gasteiger partial charge in [0.2, 0.25) is 4.96 Å². The molecule has 216 valence electrons. The maximum atomic E-state index is 12.9. The predicted octanol–water partition coefficient (Wildman–Crippen LogP) is 6.55. The zero-order valence-corrected chi connectivity index (χ0v) is 23.8. The standard InChI is InChI=1S/C27H20F3N5O5S2/c1-34(23(36)19-13-41-24(31-19)27(28,29)30)15-6-4-5-14(7-15)12-39-20-8-16(37-2)9-21-17(20)10-22(40-21)18-11-35-25(32-18)42-26(33-35)38-3/h4-11,13H,12H2,1-3H3. The molecule has 42 heavy (non-hydrogen) atoms. The van der Waals surface area contributed by atoms with Crippen LogP contribution in [-0.2, 0) is 12.8 Å². The van der Waals surface area contributed by atoms with Gasteiger partial charge in [0.25, 0.3) is 11.1 Å². The average molecular weight is 616 g/mol. The Morgan fingerprint density at radius 1 is 1.12 bits per heavy atom. The minimum absolute atomic E-state index is 0.123. The summed E-state index contributed by atoms with van der Waals surface area (Å²) in [5.41, 5.74) is 2.02. The zero-order chi connectivity index (χ0) is 29.6. The number of carbonyl (C=O) groups excluding carboxylic acids is 1. The van der Waals surface area contributed by atoms with Gasteiger partial charge in [-0.3, -0.25) is 4.79 Å². The van der Waals surface area contributed by atoms with E-state index in [1.165, 1.54) is 30.4 Å². The first kappa shape index (κ1) is 27.5. The van der Waals surface area contributed by atoms with Crippen molar-refractivity contribution in [1.29, 1.82) is 0 Å². The quantitative estimate of drug-likeness (QED) is 0.190. The molecule has 6 aromatic rings. The first-order valence-corrected chi connectivity index (χ1v) is 13.9. The van der Waals surface area contributed by atoms with Crippen LogP contribution in [0.5, 0.6) is 16.7 Å². The summed E-state index contributed by atoms with van der Waals surface area (Å²) in [6.07, 6.45) is -2.87. The van der Waals surface area contributed by atoms with Crippen molar-refractivity contribution < 1.29 is 36.6 Å². The van der Waals surface area contributed by atoms with Crippen LogP contribution in [0.4, 0.5) is 18.9 Å². The number of anilines is 1. The number of rotatable bonds is 8. The topological polar surface area (TPSA) is 104 Å². The van der Waals surface area contributed by atoms with Gasteiger partial charge in [-0.1, -0.05) is 12.1 Å². The van der Waals surface area contributed by atoms with Crippen molar-refractivity contribution in [3.05, 3.63) is 70.3 Å². The van der Waals surface area contributed by atoms with Crippen molar-refractivity contribution in [2.45, 2.75) is 12.8 Å². The lowest BCUT2D eigenvalue weighted by molar-refractivity contribution is -0.137. The number of hydrogen-bond donors (Lipinski definition) is 0. The Morgan fingerprint density at radius 3 is 2.67 bits per heavy atom. The second-order valence-corrected chi connectivity index (χ2v) is 10.7. The lowest BCUT2D eigenvalue weighted by Crippen LogP contribution is -2.26. The van der Waals surface area contributed by atoms with Gasteiger partial charge in [0.1, 0.15) is 35.1 Å². The highest BCUT2D eigenvalue weighted by atomic mass is 32.1. The van der Waals surface area contributed by atoms with Crippen molar-refractivity contribution in [2.24, 2.45) is 0 Å². The summed E-state index contributed by atoms with van der Waals surface area (Å²) in [6.45, 7) is 0.123. The number of nitrogens with zero attached hydrogens (tertiary/aromatic N) is 5. The number of imidazole rings is 1. The second kappa shape index (κ2) is 10.6. The molecule has 6 rings (SSSR count). The number of fused-ring (bicyclic) bond motifs is 2. The van der Waals surface area contributed by atoms with Crippen LogP contribution in [-0.4, -0.2) is 46.8 Å². The molecule has 10 nitrogen and oxygen atoms in total. The highest BCUT2D eigenvalue weighted by molar-refractivity contribution is 7.18. The van der Waals surface area contributed by atoms with Crippen molar-refractivity contribution in [3.8, 4) is 28.1 Å². The van der Waals surface area contributed by atoms with Gasteiger partial charge in [0.15, 0.2) is 10.8 Å². The van der Waals surface area contributed by atoms with Crippen LogP contribution in [0.15, 0.2) is 58.5 Å². The largest absolute Gasteiger partial charge is 0.496 e. The molecule has 4 heterocycles. The number of thiazole rings is 1. The number of amides is 1. The van der Waals surface area contributed by atoms with Crippen LogP contribution in [0.1, 0.15) is 21.1 Å². The predicted molar refractivity (Wildman–Crippen MR) is 150 cm³/mol. The average Bonchev–Trinajstić information content (AvgIpc) is 3.77. The van der Waals surface area contributed by atoms with Crippen LogP contribution < -0.4 is 19.1 Å². The fourth-order valence-corrected chi connectivity index (χ4v) is 5.50. The molecule has 4 aromatic heterocycles. The Hall–Kier alpha value is -4.63. The Balaban J connectivity index is 1.23. The van der Waals surface area contributed by atoms with Crippen LogP contribution in [0.2, 0.25) is 0 Å². The molecule has 0 spiro atoms. The van der Waals surface area contributed by atoms with Crippen molar-refractivity contribution in [2.75, 3.05) is 26.2 Å². The maximum Gasteiger partial charge on any atom is 0.443 e. The van der Waals surface area contributed by atoms with E-state index < -0.39 is 17.1 Å². The van der Waals surface area contributed by atoms with Gasteiger partial charge in [-0.15, -0.1) is 16.4 Å². The minimum atomic E-state index is -4.61. The smallest absolute Gasteiger partial charge is 0.443 e. The van der Waals surface area contributed by atoms with Gasteiger partial charge in [-0.05, 0) is 35.1 Å². The molecule has 2 aromatic carbocycles. The Bertz CT molecular complexity index is 1890. The van der Waals surface area contributed by atoms with Crippen LogP contribution >= 0.6 is 22.7 Å². The third kappa shape index (κ3) is 5.23. The summed E-state index contributed by atoms with van der Waals surface area (Å²) in [4.78, 5) is 22.7. The second-order valence-electron chi connectivity index (χ2n) is 8.93. The van der Waals surface area contributed by atoms with E-state index in [1.54, 1.807) is 48.2 Å². The summed E-state index contributed by atoms with van der Waals surface area (Å²) < 4.78 is 63.3. The summed E-state index contributed by atoms with van der Waals surface area (Å²) in [5, 5.41) is 5.50. The van der Waals surface area contributed by atoms with E-state index in [-0.39, 0.29) is 12.3 Å². The van der Waals surface area contributed by atoms with Crippen LogP contribution in [0.3, 0.4) is 0 Å². The molecule has 0 saturated carbocycles. The van der Waals surface area contributed by atoms with Gasteiger partial charge in [0, 0.05) is 30.2 Å². The molecule has 0 atom stereocenters. The number of methoxy groups -OCH3 is 2. The van der Waals surface area contributed by atoms with Crippen molar-refractivity contribution >= 4 is 50.2 Å². The van der Waals surface area contributed by atoms with E-state index >= 15 is 0 Å². The first-order chi connectivity index (χ1) is 20.1. The molecule has 0 N–H and O–H groups in total. The summed E-state index contributed by atoms with van der Waals surface area (Å²) in [5.74, 6) is 0.874. The van der Waals surface area contributed by atoms with Crippen LogP contribution in [0, 0.1) is 0 Å². The van der Waals surface area contributed by atoms with E-state index in [2.05, 4.69) is 15.1 Å². The summed E-state index contributed by atoms with van der Waals surface area (Å²) in [6, 6.07) is 12.2. The number of hydrogen-bond acceptors (Lipinski definition) is 10. The molecule has 0 aliphatic carbocycles. The van der Waals surface area contributed by atoms with Crippen molar-refractivity contribution in [3.63, 3.8) is 0 Å². The monoisotopic (exact) mass is 615 g/mol. The van der Waals surface area contributed by atoms with E-state index in [0.717, 1.165) is 10.9 Å². The lowest BCUT2D eigenvalue weighted by atomic mass is 10.2. The van der Waals surface area contributed by atoms with E-state index in [4.69, 9.17) is 18.6 Å². The lowest BCUT2D eigenvalue weighted by Gasteiger charge is -2.17. The molecule has 0 saturated heterocycles. The number of halogens is 3. The molecule has 1 amide bonds. The highest BCUT2D eigenvalue weighted by Crippen LogP contribution is 2.38. The number of furan rings is 1. The molecule has 0 aliphatic rings. The summed E-state index contributed by atoms with van der Waals surface area (Å²) >= 11 is 1.68. The van der Waals surface area contributed by atoms with Gasteiger partial charge >= 0.3 is 6.18 Å². The third-order valence-corrected chi connectivity index (χ3v) is 7.99. The van der Waals surface area contributed by atoms with Gasteiger partial charge in [-0.25, -0.2) is 14.5 Å². The minimum Gasteiger partial charge on any atom is -0.496 e. The third-order valence-electron chi connectivity index (χ3n) is 6.22. The Morgan fingerprint density at radius 2 is 1.95 bits per heavy atom. The van der Waals surface area contributed by atoms with Gasteiger partial charge < -0.3 is 23.5 Å².